The maximum absolute atomic E-state index is 5.99. The van der Waals surface area contributed by atoms with Crippen LogP contribution in [0.15, 0.2) is 12.7 Å². The second-order valence-corrected chi connectivity index (χ2v) is 18.5. The first kappa shape index (κ1) is 36.9. The molecule has 2 saturated carbocycles. The van der Waals surface area contributed by atoms with Gasteiger partial charge in [-0.3, -0.25) is 0 Å². The van der Waals surface area contributed by atoms with Crippen LogP contribution < -0.4 is 16.4 Å². The van der Waals surface area contributed by atoms with E-state index in [2.05, 4.69) is 67.3 Å². The summed E-state index contributed by atoms with van der Waals surface area (Å²) in [5.41, 5.74) is 9.02. The quantitative estimate of drug-likeness (QED) is 0.119. The van der Waals surface area contributed by atoms with E-state index in [0.29, 0.717) is 18.1 Å². The third kappa shape index (κ3) is 8.84. The molecule has 5 aliphatic rings. The van der Waals surface area contributed by atoms with Crippen LogP contribution in [0.3, 0.4) is 0 Å². The van der Waals surface area contributed by atoms with Gasteiger partial charge in [-0.2, -0.15) is 0 Å². The fourth-order valence-corrected chi connectivity index (χ4v) is 11.9. The molecule has 0 aromatic carbocycles. The molecule has 0 unspecified atom stereocenters. The first-order valence-electron chi connectivity index (χ1n) is 19.3. The summed E-state index contributed by atoms with van der Waals surface area (Å²) in [4.78, 5) is 26.3. The molecule has 0 spiro atoms. The highest BCUT2D eigenvalue weighted by Crippen LogP contribution is 2.41. The zero-order valence-electron chi connectivity index (χ0n) is 29.4. The van der Waals surface area contributed by atoms with Gasteiger partial charge in [-0.05, 0) is 140 Å². The van der Waals surface area contributed by atoms with E-state index >= 15 is 0 Å². The van der Waals surface area contributed by atoms with Crippen molar-refractivity contribution in [2.24, 2.45) is 5.73 Å². The number of alkyl halides is 2. The average Bonchev–Trinajstić information content (AvgIpc) is 3.97. The summed E-state index contributed by atoms with van der Waals surface area (Å²) in [6.45, 7) is 2.66. The van der Waals surface area contributed by atoms with E-state index in [0.717, 1.165) is 58.9 Å². The number of rotatable bonds is 8. The highest BCUT2D eigenvalue weighted by molar-refractivity contribution is 9.09. The lowest BCUT2D eigenvalue weighted by atomic mass is 9.90. The van der Waals surface area contributed by atoms with Crippen molar-refractivity contribution in [2.45, 2.75) is 140 Å². The predicted octanol–water partition coefficient (Wildman–Crippen LogP) is 9.42. The summed E-state index contributed by atoms with van der Waals surface area (Å²) < 4.78 is 0. The second-order valence-electron chi connectivity index (χ2n) is 14.8. The van der Waals surface area contributed by atoms with Gasteiger partial charge < -0.3 is 21.3 Å². The van der Waals surface area contributed by atoms with Crippen LogP contribution in [0.2, 0.25) is 0 Å². The lowest BCUT2D eigenvalue weighted by Crippen LogP contribution is -2.39. The molecule has 4 aliphatic carbocycles. The molecule has 50 heavy (non-hydrogen) atoms. The standard InChI is InChI=1S/C19H26N4S.C15H20N4S.C4H8Br2/c1-2-11-23(10-1)14-8-6-13(7-9-14)22-18-17-15-4-3-5-16(15)24-19(17)21-12-20-18;16-9-4-6-10(7-5-9)19-14-13-11-2-1-3-12(11)20-15(13)18-8-17-14;5-3-1-2-4-6/h12-14H,1-11H2,(H,20,21,22);8-10H,1-7,16H2,(H,17,18,19);1-4H2. The largest absolute Gasteiger partial charge is 0.367 e. The van der Waals surface area contributed by atoms with Crippen molar-refractivity contribution in [1.29, 1.82) is 0 Å². The minimum Gasteiger partial charge on any atom is -0.367 e. The number of nitrogens with one attached hydrogen (secondary N) is 2. The number of thiophene rings is 2. The summed E-state index contributed by atoms with van der Waals surface area (Å²) in [6, 6.07) is 2.33. The number of nitrogens with two attached hydrogens (primary N) is 1. The monoisotopic (exact) mass is 844 g/mol. The van der Waals surface area contributed by atoms with Gasteiger partial charge in [0.05, 0.1) is 10.8 Å². The number of hydrogen-bond acceptors (Lipinski definition) is 10. The van der Waals surface area contributed by atoms with Crippen LogP contribution in [0.4, 0.5) is 11.6 Å². The maximum atomic E-state index is 5.99. The second kappa shape index (κ2) is 18.1. The van der Waals surface area contributed by atoms with Gasteiger partial charge in [0.1, 0.15) is 34.0 Å². The van der Waals surface area contributed by atoms with Gasteiger partial charge in [0, 0.05) is 44.6 Å². The van der Waals surface area contributed by atoms with Gasteiger partial charge in [-0.1, -0.05) is 31.9 Å². The van der Waals surface area contributed by atoms with Gasteiger partial charge in [0.2, 0.25) is 0 Å². The summed E-state index contributed by atoms with van der Waals surface area (Å²) >= 11 is 10.4. The molecule has 4 N–H and O–H groups in total. The molecular formula is C38H54Br2N8S2. The van der Waals surface area contributed by atoms with Crippen molar-refractivity contribution in [3.63, 3.8) is 0 Å². The van der Waals surface area contributed by atoms with Crippen molar-refractivity contribution in [1.82, 2.24) is 24.8 Å². The molecule has 4 aromatic rings. The molecule has 0 radical (unpaired) electrons. The number of aryl methyl sites for hydroxylation is 4. The molecule has 4 aromatic heterocycles. The molecule has 0 atom stereocenters. The molecule has 3 fully saturated rings. The van der Waals surface area contributed by atoms with Crippen molar-refractivity contribution in [3.05, 3.63) is 33.5 Å². The highest BCUT2D eigenvalue weighted by atomic mass is 79.9. The number of aromatic nitrogens is 4. The molecule has 9 rings (SSSR count). The van der Waals surface area contributed by atoms with Gasteiger partial charge in [-0.15, -0.1) is 22.7 Å². The fourth-order valence-electron chi connectivity index (χ4n) is 8.61. The molecule has 272 valence electrons. The first-order valence-corrected chi connectivity index (χ1v) is 23.1. The van der Waals surface area contributed by atoms with Crippen molar-refractivity contribution >= 4 is 86.6 Å². The van der Waals surface area contributed by atoms with Crippen molar-refractivity contribution < 1.29 is 0 Å². The van der Waals surface area contributed by atoms with E-state index < -0.39 is 0 Å². The lowest BCUT2D eigenvalue weighted by Gasteiger charge is -2.35. The van der Waals surface area contributed by atoms with E-state index in [1.807, 2.05) is 22.7 Å². The van der Waals surface area contributed by atoms with Crippen LogP contribution in [0.25, 0.3) is 20.4 Å². The van der Waals surface area contributed by atoms with E-state index in [-0.39, 0.29) is 0 Å². The smallest absolute Gasteiger partial charge is 0.138 e. The molecule has 1 aliphatic heterocycles. The van der Waals surface area contributed by atoms with Crippen LogP contribution >= 0.6 is 54.5 Å². The summed E-state index contributed by atoms with van der Waals surface area (Å²) in [7, 11) is 0. The van der Waals surface area contributed by atoms with Crippen LogP contribution in [0, 0.1) is 0 Å². The fraction of sp³-hybridized carbons (Fsp3) is 0.684. The van der Waals surface area contributed by atoms with Crippen molar-refractivity contribution in [2.75, 3.05) is 34.4 Å². The van der Waals surface area contributed by atoms with E-state index in [4.69, 9.17) is 5.73 Å². The number of nitrogens with zero attached hydrogens (tertiary/aromatic N) is 5. The minimum absolute atomic E-state index is 0.392. The average molecular weight is 847 g/mol. The summed E-state index contributed by atoms with van der Waals surface area (Å²) in [5.74, 6) is 2.15. The summed E-state index contributed by atoms with van der Waals surface area (Å²) in [6.07, 6.45) is 26.0. The topological polar surface area (TPSA) is 105 Å². The number of anilines is 2. The van der Waals surface area contributed by atoms with Gasteiger partial charge >= 0.3 is 0 Å². The zero-order valence-corrected chi connectivity index (χ0v) is 34.2. The Hall–Kier alpha value is -1.44. The van der Waals surface area contributed by atoms with Crippen molar-refractivity contribution in [3.8, 4) is 0 Å². The Morgan fingerprint density at radius 2 is 1.12 bits per heavy atom. The van der Waals surface area contributed by atoms with E-state index in [1.54, 1.807) is 17.5 Å². The summed E-state index contributed by atoms with van der Waals surface area (Å²) in [5, 5.41) is 12.3. The third-order valence-corrected chi connectivity index (χ3v) is 14.8. The molecular weight excluding hydrogens is 792 g/mol. The SMILES string of the molecule is BrCCCCBr.NC1CCC(Nc2ncnc3sc4c(c23)CCC4)CC1.c1nc(NC2CCC(N3CCCC3)CC2)c2c3c(sc2n1)CCC3. The maximum Gasteiger partial charge on any atom is 0.138 e. The number of unbranched alkanes of at least 4 members (excludes halogenated alkanes) is 1. The lowest BCUT2D eigenvalue weighted by molar-refractivity contribution is 0.186. The van der Waals surface area contributed by atoms with Crippen LogP contribution in [0.1, 0.15) is 111 Å². The van der Waals surface area contributed by atoms with Gasteiger partial charge in [0.25, 0.3) is 0 Å². The Bertz CT molecular complexity index is 1670. The normalized spacial score (nSPS) is 24.7. The molecule has 12 heteroatoms. The van der Waals surface area contributed by atoms with Gasteiger partial charge in [-0.25, -0.2) is 19.9 Å². The van der Waals surface area contributed by atoms with E-state index in [1.165, 1.54) is 135 Å². The number of likely N-dealkylation sites (tertiary alicyclic amines) is 1. The zero-order chi connectivity index (χ0) is 34.3. The molecule has 5 heterocycles. The van der Waals surface area contributed by atoms with Crippen LogP contribution in [-0.2, 0) is 25.7 Å². The Morgan fingerprint density at radius 1 is 0.640 bits per heavy atom. The minimum atomic E-state index is 0.392. The van der Waals surface area contributed by atoms with Crippen LogP contribution in [-0.4, -0.2) is 72.8 Å². The van der Waals surface area contributed by atoms with E-state index in [9.17, 15) is 0 Å². The Morgan fingerprint density at radius 3 is 1.60 bits per heavy atom. The molecule has 0 amide bonds. The van der Waals surface area contributed by atoms with Gasteiger partial charge in [0.15, 0.2) is 0 Å². The molecule has 0 bridgehead atoms. The Kier molecular flexibility index (Phi) is 13.3. The number of halogens is 2. The third-order valence-electron chi connectivity index (χ3n) is 11.3. The Balaban J connectivity index is 0.000000137. The molecule has 8 nitrogen and oxygen atoms in total. The number of hydrogen-bond donors (Lipinski definition) is 3. The Labute approximate surface area is 322 Å². The predicted molar refractivity (Wildman–Crippen MR) is 220 cm³/mol. The van der Waals surface area contributed by atoms with Crippen LogP contribution in [0.5, 0.6) is 0 Å². The number of fused-ring (bicyclic) bond motifs is 6. The highest BCUT2D eigenvalue weighted by Gasteiger charge is 2.29. The molecule has 1 saturated heterocycles. The first-order chi connectivity index (χ1) is 24.6.